The maximum absolute atomic E-state index is 12.2. The molecule has 0 spiro atoms. The molecule has 3 nitrogen and oxygen atoms in total. The molecule has 1 rings (SSSR count). The van der Waals surface area contributed by atoms with Crippen molar-refractivity contribution in [3.05, 3.63) is 23.8 Å². The fourth-order valence-corrected chi connectivity index (χ4v) is 1.52. The van der Waals surface area contributed by atoms with Crippen molar-refractivity contribution in [1.82, 2.24) is 0 Å². The van der Waals surface area contributed by atoms with E-state index in [9.17, 15) is 9.50 Å². The van der Waals surface area contributed by atoms with Crippen molar-refractivity contribution in [3.63, 3.8) is 0 Å². The predicted molar refractivity (Wildman–Crippen MR) is 66.0 cm³/mol. The summed E-state index contributed by atoms with van der Waals surface area (Å²) in [5.41, 5.74) is 5.98. The van der Waals surface area contributed by atoms with Gasteiger partial charge in [-0.3, -0.25) is 4.39 Å². The van der Waals surface area contributed by atoms with Crippen LogP contribution in [0.15, 0.2) is 18.2 Å². The summed E-state index contributed by atoms with van der Waals surface area (Å²) in [5.74, 6) is 0.701. The number of ether oxygens (including phenoxy) is 1. The Morgan fingerprint density at radius 1 is 1.41 bits per heavy atom. The Hall–Kier alpha value is -1.29. The standard InChI is InChI=1S/C13H20FNO2/c1-13(2,3)17-9-4-5-12(16)10(8-9)11(15)6-7-14/h4-5,8,11,16H,6-7,15H2,1-3H3/t11-/m0/s1. The summed E-state index contributed by atoms with van der Waals surface area (Å²) >= 11 is 0. The highest BCUT2D eigenvalue weighted by Gasteiger charge is 2.16. The largest absolute Gasteiger partial charge is 0.508 e. The summed E-state index contributed by atoms with van der Waals surface area (Å²) in [6, 6.07) is 4.35. The third-order valence-electron chi connectivity index (χ3n) is 2.24. The first kappa shape index (κ1) is 13.8. The first-order valence-corrected chi connectivity index (χ1v) is 5.67. The van der Waals surface area contributed by atoms with Crippen LogP contribution in [0.1, 0.15) is 38.8 Å². The van der Waals surface area contributed by atoms with Gasteiger partial charge in [-0.25, -0.2) is 0 Å². The van der Waals surface area contributed by atoms with E-state index in [0.29, 0.717) is 11.3 Å². The van der Waals surface area contributed by atoms with Gasteiger partial charge in [0.15, 0.2) is 0 Å². The molecule has 96 valence electrons. The molecule has 4 heteroatoms. The fraction of sp³-hybridized carbons (Fsp3) is 0.538. The van der Waals surface area contributed by atoms with Gasteiger partial charge >= 0.3 is 0 Å². The summed E-state index contributed by atoms with van der Waals surface area (Å²) in [6.07, 6.45) is 0.187. The number of hydrogen-bond donors (Lipinski definition) is 2. The third-order valence-corrected chi connectivity index (χ3v) is 2.24. The second-order valence-electron chi connectivity index (χ2n) is 5.02. The summed E-state index contributed by atoms with van der Waals surface area (Å²) in [7, 11) is 0. The number of phenolic OH excluding ortho intramolecular Hbond substituents is 1. The maximum atomic E-state index is 12.2. The van der Waals surface area contributed by atoms with Crippen molar-refractivity contribution in [2.45, 2.75) is 38.8 Å². The zero-order valence-electron chi connectivity index (χ0n) is 10.5. The number of phenols is 1. The van der Waals surface area contributed by atoms with Crippen molar-refractivity contribution >= 4 is 0 Å². The Morgan fingerprint density at radius 2 is 2.06 bits per heavy atom. The predicted octanol–water partition coefficient (Wildman–Crippen LogP) is 2.93. The molecule has 0 radical (unpaired) electrons. The first-order valence-electron chi connectivity index (χ1n) is 5.67. The van der Waals surface area contributed by atoms with E-state index in [4.69, 9.17) is 10.5 Å². The minimum Gasteiger partial charge on any atom is -0.508 e. The second-order valence-corrected chi connectivity index (χ2v) is 5.02. The molecule has 1 aromatic rings. The summed E-state index contributed by atoms with van der Waals surface area (Å²) in [4.78, 5) is 0. The molecular weight excluding hydrogens is 221 g/mol. The van der Waals surface area contributed by atoms with Crippen molar-refractivity contribution in [3.8, 4) is 11.5 Å². The van der Waals surface area contributed by atoms with Crippen molar-refractivity contribution < 1.29 is 14.2 Å². The lowest BCUT2D eigenvalue weighted by atomic mass is 10.0. The van der Waals surface area contributed by atoms with Crippen molar-refractivity contribution in [2.24, 2.45) is 5.73 Å². The van der Waals surface area contributed by atoms with Gasteiger partial charge in [-0.15, -0.1) is 0 Å². The molecule has 0 aromatic heterocycles. The van der Waals surface area contributed by atoms with Crippen LogP contribution in [0.5, 0.6) is 11.5 Å². The molecule has 0 heterocycles. The zero-order valence-corrected chi connectivity index (χ0v) is 10.5. The van der Waals surface area contributed by atoms with Crippen molar-refractivity contribution in [2.75, 3.05) is 6.67 Å². The average molecular weight is 241 g/mol. The van der Waals surface area contributed by atoms with E-state index in [1.807, 2.05) is 20.8 Å². The highest BCUT2D eigenvalue weighted by atomic mass is 19.1. The Bertz CT molecular complexity index is 374. The molecule has 1 aromatic carbocycles. The number of alkyl halides is 1. The summed E-state index contributed by atoms with van der Waals surface area (Å²) in [5, 5.41) is 9.67. The van der Waals surface area contributed by atoms with Gasteiger partial charge in [-0.2, -0.15) is 0 Å². The lowest BCUT2D eigenvalue weighted by molar-refractivity contribution is 0.130. The summed E-state index contributed by atoms with van der Waals surface area (Å²) < 4.78 is 17.9. The molecular formula is C13H20FNO2. The van der Waals surface area contributed by atoms with Crippen LogP contribution in [0.4, 0.5) is 4.39 Å². The number of rotatable bonds is 4. The van der Waals surface area contributed by atoms with Gasteiger partial charge in [-0.1, -0.05) is 0 Å². The fourth-order valence-electron chi connectivity index (χ4n) is 1.52. The SMILES string of the molecule is CC(C)(C)Oc1ccc(O)c([C@@H](N)CCF)c1. The molecule has 3 N–H and O–H groups in total. The quantitative estimate of drug-likeness (QED) is 0.852. The molecule has 0 amide bonds. The van der Waals surface area contributed by atoms with Crippen LogP contribution in [0.2, 0.25) is 0 Å². The lowest BCUT2D eigenvalue weighted by Gasteiger charge is -2.22. The molecule has 1 atom stereocenters. The van der Waals surface area contributed by atoms with Crippen LogP contribution in [-0.4, -0.2) is 17.4 Å². The van der Waals surface area contributed by atoms with Crippen LogP contribution >= 0.6 is 0 Å². The number of halogens is 1. The molecule has 0 saturated heterocycles. The van der Waals surface area contributed by atoms with Gasteiger partial charge in [-0.05, 0) is 45.4 Å². The van der Waals surface area contributed by atoms with Crippen molar-refractivity contribution in [1.29, 1.82) is 0 Å². The van der Waals surface area contributed by atoms with Gasteiger partial charge in [0.1, 0.15) is 17.1 Å². The molecule has 0 saturated carbocycles. The van der Waals surface area contributed by atoms with Gasteiger partial charge in [0.2, 0.25) is 0 Å². The van der Waals surface area contributed by atoms with E-state index in [-0.39, 0.29) is 17.8 Å². The molecule has 0 unspecified atom stereocenters. The Balaban J connectivity index is 2.94. The van der Waals surface area contributed by atoms with Crippen LogP contribution < -0.4 is 10.5 Å². The minimum atomic E-state index is -0.511. The molecule has 0 aliphatic carbocycles. The number of hydrogen-bond acceptors (Lipinski definition) is 3. The number of nitrogens with two attached hydrogens (primary N) is 1. The smallest absolute Gasteiger partial charge is 0.120 e. The van der Waals surface area contributed by atoms with Crippen LogP contribution in [0.3, 0.4) is 0 Å². The normalized spacial score (nSPS) is 13.5. The molecule has 0 aliphatic rings. The highest BCUT2D eigenvalue weighted by Crippen LogP contribution is 2.30. The Labute approximate surface area is 101 Å². The molecule has 0 bridgehead atoms. The number of benzene rings is 1. The van der Waals surface area contributed by atoms with Gasteiger partial charge < -0.3 is 15.6 Å². The lowest BCUT2D eigenvalue weighted by Crippen LogP contribution is -2.23. The molecule has 17 heavy (non-hydrogen) atoms. The van der Waals surface area contributed by atoms with Gasteiger partial charge in [0.25, 0.3) is 0 Å². The van der Waals surface area contributed by atoms with Crippen LogP contribution in [0.25, 0.3) is 0 Å². The Morgan fingerprint density at radius 3 is 2.59 bits per heavy atom. The number of aromatic hydroxyl groups is 1. The van der Waals surface area contributed by atoms with Crippen LogP contribution in [0, 0.1) is 0 Å². The monoisotopic (exact) mass is 241 g/mol. The van der Waals surface area contributed by atoms with Gasteiger partial charge in [0, 0.05) is 11.6 Å². The minimum absolute atomic E-state index is 0.0761. The second kappa shape index (κ2) is 5.36. The maximum Gasteiger partial charge on any atom is 0.120 e. The first-order chi connectivity index (χ1) is 7.83. The zero-order chi connectivity index (χ0) is 13.1. The van der Waals surface area contributed by atoms with Crippen LogP contribution in [-0.2, 0) is 0 Å². The summed E-state index contributed by atoms with van der Waals surface area (Å²) in [6.45, 7) is 5.29. The average Bonchev–Trinajstić information content (AvgIpc) is 2.19. The molecule has 0 fully saturated rings. The van der Waals surface area contributed by atoms with E-state index in [1.165, 1.54) is 6.07 Å². The molecule has 0 aliphatic heterocycles. The van der Waals surface area contributed by atoms with E-state index in [1.54, 1.807) is 12.1 Å². The third kappa shape index (κ3) is 4.23. The van der Waals surface area contributed by atoms with E-state index in [2.05, 4.69) is 0 Å². The van der Waals surface area contributed by atoms with Gasteiger partial charge in [0.05, 0.1) is 6.67 Å². The van der Waals surface area contributed by atoms with E-state index in [0.717, 1.165) is 0 Å². The van der Waals surface area contributed by atoms with E-state index < -0.39 is 12.7 Å². The topological polar surface area (TPSA) is 55.5 Å². The van der Waals surface area contributed by atoms with E-state index >= 15 is 0 Å². The Kier molecular flexibility index (Phi) is 4.34. The highest BCUT2D eigenvalue weighted by molar-refractivity contribution is 5.41.